The van der Waals surface area contributed by atoms with E-state index in [0.717, 1.165) is 0 Å². The quantitative estimate of drug-likeness (QED) is 0.268. The van der Waals surface area contributed by atoms with Crippen LogP contribution >= 0.6 is 0 Å². The summed E-state index contributed by atoms with van der Waals surface area (Å²) >= 11 is 0. The second-order valence-electron chi connectivity index (χ2n) is 10.3. The van der Waals surface area contributed by atoms with Crippen LogP contribution < -0.4 is 4.90 Å². The summed E-state index contributed by atoms with van der Waals surface area (Å²) in [5.41, 5.74) is 9.46. The summed E-state index contributed by atoms with van der Waals surface area (Å²) in [6.07, 6.45) is 2.73. The lowest BCUT2D eigenvalue weighted by atomic mass is 9.84. The second kappa shape index (κ2) is 7.73. The van der Waals surface area contributed by atoms with Crippen molar-refractivity contribution in [2.45, 2.75) is 44.9 Å². The zero-order valence-corrected chi connectivity index (χ0v) is 20.6. The third kappa shape index (κ3) is 2.94. The lowest BCUT2D eigenvalue weighted by Gasteiger charge is -2.39. The van der Waals surface area contributed by atoms with Gasteiger partial charge in [0.2, 0.25) is 0 Å². The molecule has 0 spiro atoms. The maximum atomic E-state index is 2.70. The molecule has 3 heteroatoms. The third-order valence-electron chi connectivity index (χ3n) is 8.53. The Balaban J connectivity index is 1.49. The Morgan fingerprint density at radius 1 is 0.686 bits per heavy atom. The molecule has 8 rings (SSSR count). The van der Waals surface area contributed by atoms with Gasteiger partial charge in [0.15, 0.2) is 0 Å². The van der Waals surface area contributed by atoms with Gasteiger partial charge in [0.05, 0.1) is 23.2 Å². The molecule has 0 saturated carbocycles. The van der Waals surface area contributed by atoms with Gasteiger partial charge in [-0.3, -0.25) is 4.90 Å². The van der Waals surface area contributed by atoms with E-state index in [-0.39, 0.29) is 0 Å². The number of fused-ring (bicyclic) bond motifs is 6. The number of rotatable bonds is 2. The monoisotopic (exact) mass is 457 g/mol. The maximum Gasteiger partial charge on any atom is 0.0801 e. The van der Waals surface area contributed by atoms with Gasteiger partial charge in [-0.1, -0.05) is 60.7 Å². The van der Waals surface area contributed by atoms with Crippen molar-refractivity contribution >= 4 is 27.5 Å². The van der Waals surface area contributed by atoms with E-state index < -0.39 is 0 Å². The van der Waals surface area contributed by atoms with Crippen LogP contribution in [0.4, 0.5) is 5.69 Å². The Labute approximate surface area is 207 Å². The number of nitrogens with zero attached hydrogens (tertiary/aromatic N) is 3. The largest absolute Gasteiger partial charge is 0.349 e. The van der Waals surface area contributed by atoms with Crippen molar-refractivity contribution in [2.75, 3.05) is 11.9 Å². The smallest absolute Gasteiger partial charge is 0.0801 e. The van der Waals surface area contributed by atoms with Gasteiger partial charge in [0.25, 0.3) is 0 Å². The van der Waals surface area contributed by atoms with Crippen LogP contribution in [-0.2, 0) is 0 Å². The summed E-state index contributed by atoms with van der Waals surface area (Å²) in [4.78, 5) is 5.29. The fourth-order valence-electron chi connectivity index (χ4n) is 6.78. The number of aryl methyl sites for hydroxylation is 1. The van der Waals surface area contributed by atoms with E-state index in [1.54, 1.807) is 0 Å². The van der Waals surface area contributed by atoms with Crippen LogP contribution in [0.1, 0.15) is 48.5 Å². The second-order valence-corrected chi connectivity index (χ2v) is 10.3. The molecule has 3 nitrogen and oxygen atoms in total. The molecule has 1 fully saturated rings. The summed E-state index contributed by atoms with van der Waals surface area (Å²) in [7, 11) is 2.31. The lowest BCUT2D eigenvalue weighted by molar-refractivity contribution is 0.191. The van der Waals surface area contributed by atoms with Gasteiger partial charge < -0.3 is 9.47 Å². The number of hydrogen-bond donors (Lipinski definition) is 0. The topological polar surface area (TPSA) is 11.4 Å². The first kappa shape index (κ1) is 20.8. The zero-order chi connectivity index (χ0) is 23.7. The first-order valence-electron chi connectivity index (χ1n) is 12.8. The van der Waals surface area contributed by atoms with Gasteiger partial charge in [-0.05, 0) is 80.8 Å². The van der Waals surface area contributed by atoms with E-state index >= 15 is 0 Å². The molecule has 2 bridgehead atoms. The molecule has 1 aromatic heterocycles. The molecular weight excluding hydrogens is 426 g/mol. The van der Waals surface area contributed by atoms with Crippen LogP contribution in [0.3, 0.4) is 0 Å². The highest BCUT2D eigenvalue weighted by molar-refractivity contribution is 6.10. The Morgan fingerprint density at radius 3 is 2.14 bits per heavy atom. The molecule has 2 aliphatic heterocycles. The molecule has 35 heavy (non-hydrogen) atoms. The van der Waals surface area contributed by atoms with E-state index in [1.807, 2.05) is 0 Å². The summed E-state index contributed by atoms with van der Waals surface area (Å²) in [6, 6.07) is 34.5. The van der Waals surface area contributed by atoms with E-state index in [1.165, 1.54) is 62.7 Å². The Bertz CT molecular complexity index is 1560. The average molecular weight is 458 g/mol. The molecule has 0 radical (unpaired) electrons. The average Bonchev–Trinajstić information content (AvgIpc) is 3.11. The highest BCUT2D eigenvalue weighted by atomic mass is 15.4. The number of benzene rings is 4. The predicted octanol–water partition coefficient (Wildman–Crippen LogP) is 7.77. The number of hydrogen-bond acceptors (Lipinski definition) is 2. The lowest BCUT2D eigenvalue weighted by Crippen LogP contribution is -2.43. The Morgan fingerprint density at radius 2 is 1.34 bits per heavy atom. The van der Waals surface area contributed by atoms with Gasteiger partial charge in [-0.15, -0.1) is 0 Å². The van der Waals surface area contributed by atoms with Crippen molar-refractivity contribution < 1.29 is 0 Å². The molecule has 3 atom stereocenters. The molecule has 0 amide bonds. The summed E-state index contributed by atoms with van der Waals surface area (Å²) < 4.78 is 2.42. The molecule has 3 unspecified atom stereocenters. The van der Waals surface area contributed by atoms with Crippen molar-refractivity contribution in [3.63, 3.8) is 0 Å². The van der Waals surface area contributed by atoms with Crippen molar-refractivity contribution in [1.29, 1.82) is 0 Å². The van der Waals surface area contributed by atoms with Crippen LogP contribution in [0, 0.1) is 6.92 Å². The van der Waals surface area contributed by atoms with Crippen molar-refractivity contribution in [2.24, 2.45) is 0 Å². The SMILES string of the molecule is Cc1cc2c(cc1N1C3CCC(c4ccccc43)N(C)C1C)c1ccccc1n2-c1ccccc1. The molecule has 174 valence electrons. The molecule has 0 N–H and O–H groups in total. The fraction of sp³-hybridized carbons (Fsp3) is 0.250. The van der Waals surface area contributed by atoms with Crippen LogP contribution in [0.2, 0.25) is 0 Å². The predicted molar refractivity (Wildman–Crippen MR) is 146 cm³/mol. The van der Waals surface area contributed by atoms with Crippen LogP contribution in [0.15, 0.2) is 91.0 Å². The van der Waals surface area contributed by atoms with Gasteiger partial charge >= 0.3 is 0 Å². The Kier molecular flexibility index (Phi) is 4.59. The van der Waals surface area contributed by atoms with E-state index in [2.05, 4.69) is 126 Å². The molecule has 3 heterocycles. The molecule has 3 aliphatic rings. The van der Waals surface area contributed by atoms with Gasteiger partial charge in [0, 0.05) is 28.2 Å². The van der Waals surface area contributed by atoms with E-state index in [0.29, 0.717) is 18.2 Å². The minimum atomic E-state index is 0.318. The van der Waals surface area contributed by atoms with Crippen molar-refractivity contribution in [3.8, 4) is 5.69 Å². The number of para-hydroxylation sites is 2. The van der Waals surface area contributed by atoms with Crippen LogP contribution in [0.25, 0.3) is 27.5 Å². The first-order chi connectivity index (χ1) is 17.1. The van der Waals surface area contributed by atoms with Crippen molar-refractivity contribution in [1.82, 2.24) is 9.47 Å². The van der Waals surface area contributed by atoms with Gasteiger partial charge in [-0.2, -0.15) is 0 Å². The first-order valence-corrected chi connectivity index (χ1v) is 12.8. The maximum absolute atomic E-state index is 2.70. The molecular formula is C32H31N3. The minimum absolute atomic E-state index is 0.318. The third-order valence-corrected chi connectivity index (χ3v) is 8.53. The zero-order valence-electron chi connectivity index (χ0n) is 20.6. The van der Waals surface area contributed by atoms with Crippen LogP contribution in [0.5, 0.6) is 0 Å². The number of anilines is 1. The Hall–Kier alpha value is -3.56. The highest BCUT2D eigenvalue weighted by Crippen LogP contribution is 2.50. The van der Waals surface area contributed by atoms with E-state index in [4.69, 9.17) is 0 Å². The van der Waals surface area contributed by atoms with Gasteiger partial charge in [0.1, 0.15) is 0 Å². The fourth-order valence-corrected chi connectivity index (χ4v) is 6.78. The summed E-state index contributed by atoms with van der Waals surface area (Å²) in [6.45, 7) is 4.67. The van der Waals surface area contributed by atoms with Crippen LogP contribution in [-0.4, -0.2) is 22.7 Å². The molecule has 1 saturated heterocycles. The van der Waals surface area contributed by atoms with E-state index in [9.17, 15) is 0 Å². The molecule has 1 aliphatic carbocycles. The number of aromatic nitrogens is 1. The van der Waals surface area contributed by atoms with Gasteiger partial charge in [-0.25, -0.2) is 0 Å². The standard InChI is InChI=1S/C32H31N3/c1-21-19-32-27(26-15-9-10-16-29(26)35(32)23-11-5-4-6-12-23)20-31(21)34-22(2)33(3)28-17-18-30(34)25-14-8-7-13-24(25)28/h4-16,19-20,22,28,30H,17-18H2,1-3H3. The summed E-state index contributed by atoms with van der Waals surface area (Å²) in [5, 5.41) is 2.64. The normalized spacial score (nSPS) is 22.0. The molecule has 5 aromatic rings. The molecule has 4 aromatic carbocycles. The highest BCUT2D eigenvalue weighted by Gasteiger charge is 2.41. The van der Waals surface area contributed by atoms with Crippen molar-refractivity contribution in [3.05, 3.63) is 108 Å². The summed E-state index contributed by atoms with van der Waals surface area (Å²) in [5.74, 6) is 0. The minimum Gasteiger partial charge on any atom is -0.349 e.